The largest absolute Gasteiger partial charge is 0.390 e. The molecule has 0 fully saturated rings. The molecule has 96 valence electrons. The summed E-state index contributed by atoms with van der Waals surface area (Å²) in [6, 6.07) is 8.07. The normalized spacial score (nSPS) is 24.4. The minimum atomic E-state index is -3.58. The maximum Gasteiger partial charge on any atom is 0.206 e. The molecule has 0 unspecified atom stereocenters. The van der Waals surface area contributed by atoms with Crippen molar-refractivity contribution >= 4 is 9.84 Å². The van der Waals surface area contributed by atoms with E-state index in [1.54, 1.807) is 18.2 Å². The van der Waals surface area contributed by atoms with Gasteiger partial charge in [0, 0.05) is 0 Å². The number of aliphatic hydroxyl groups is 2. The van der Waals surface area contributed by atoms with Crippen LogP contribution in [-0.4, -0.2) is 30.8 Å². The Labute approximate surface area is 106 Å². The van der Waals surface area contributed by atoms with Crippen LogP contribution in [-0.2, 0) is 9.84 Å². The van der Waals surface area contributed by atoms with Gasteiger partial charge in [0.05, 0.1) is 22.0 Å². The van der Waals surface area contributed by atoms with Crippen molar-refractivity contribution in [2.24, 2.45) is 0 Å². The molecule has 0 spiro atoms. The quantitative estimate of drug-likeness (QED) is 0.838. The summed E-state index contributed by atoms with van der Waals surface area (Å²) in [5, 5.41) is 18.9. The van der Waals surface area contributed by atoms with Crippen molar-refractivity contribution in [3.63, 3.8) is 0 Å². The lowest BCUT2D eigenvalue weighted by molar-refractivity contribution is 0.0518. The molecule has 0 amide bonds. The highest BCUT2D eigenvalue weighted by atomic mass is 32.2. The van der Waals surface area contributed by atoms with Crippen molar-refractivity contribution in [2.45, 2.75) is 23.5 Å². The van der Waals surface area contributed by atoms with Crippen LogP contribution in [0.1, 0.15) is 6.42 Å². The van der Waals surface area contributed by atoms with Crippen molar-refractivity contribution in [1.82, 2.24) is 0 Å². The first-order chi connectivity index (χ1) is 8.51. The van der Waals surface area contributed by atoms with E-state index in [9.17, 15) is 18.6 Å². The number of benzene rings is 1. The monoisotopic (exact) mass is 266 g/mol. The molecule has 2 N–H and O–H groups in total. The fourth-order valence-corrected chi connectivity index (χ4v) is 3.06. The van der Waals surface area contributed by atoms with Crippen molar-refractivity contribution in [3.05, 3.63) is 53.5 Å². The van der Waals surface area contributed by atoms with Gasteiger partial charge in [-0.05, 0) is 24.6 Å². The summed E-state index contributed by atoms with van der Waals surface area (Å²) in [6.45, 7) is 0. The van der Waals surface area contributed by atoms with Gasteiger partial charge < -0.3 is 10.2 Å². The van der Waals surface area contributed by atoms with Crippen LogP contribution in [0.4, 0.5) is 0 Å². The third-order valence-electron chi connectivity index (χ3n) is 2.78. The Morgan fingerprint density at radius 2 is 1.78 bits per heavy atom. The molecule has 2 atom stereocenters. The number of rotatable bonds is 2. The van der Waals surface area contributed by atoms with Crippen LogP contribution in [0.2, 0.25) is 0 Å². The standard InChI is InChI=1S/C13H14O4S/c14-12-8-6-11(7-9-13(12)15)18(16,17)10-4-2-1-3-5-10/h1-8,12-15H,9H2/t12-,13+/m0/s1. The van der Waals surface area contributed by atoms with Crippen molar-refractivity contribution in [1.29, 1.82) is 0 Å². The van der Waals surface area contributed by atoms with E-state index < -0.39 is 22.0 Å². The molecule has 1 aliphatic carbocycles. The van der Waals surface area contributed by atoms with E-state index in [0.717, 1.165) is 0 Å². The molecule has 1 aliphatic rings. The molecule has 1 aromatic carbocycles. The number of aliphatic hydroxyl groups excluding tert-OH is 2. The molecule has 0 saturated carbocycles. The molecule has 0 saturated heterocycles. The van der Waals surface area contributed by atoms with Gasteiger partial charge in [0.25, 0.3) is 0 Å². The van der Waals surface area contributed by atoms with E-state index in [0.29, 0.717) is 0 Å². The molecular formula is C13H14O4S. The molecule has 0 aromatic heterocycles. The molecule has 0 bridgehead atoms. The molecule has 2 rings (SSSR count). The topological polar surface area (TPSA) is 74.6 Å². The highest BCUT2D eigenvalue weighted by molar-refractivity contribution is 7.95. The van der Waals surface area contributed by atoms with Gasteiger partial charge in [0.1, 0.15) is 0 Å². The highest BCUT2D eigenvalue weighted by Gasteiger charge is 2.22. The van der Waals surface area contributed by atoms with Crippen LogP contribution in [0, 0.1) is 0 Å². The fourth-order valence-electron chi connectivity index (χ4n) is 1.70. The predicted octanol–water partition coefficient (Wildman–Crippen LogP) is 1.03. The minimum absolute atomic E-state index is 0.101. The molecule has 0 heterocycles. The van der Waals surface area contributed by atoms with Crippen LogP contribution >= 0.6 is 0 Å². The first-order valence-corrected chi connectivity index (χ1v) is 7.05. The van der Waals surface area contributed by atoms with Gasteiger partial charge >= 0.3 is 0 Å². The van der Waals surface area contributed by atoms with Gasteiger partial charge in [-0.3, -0.25) is 0 Å². The Bertz CT molecular complexity index is 572. The summed E-state index contributed by atoms with van der Waals surface area (Å²) < 4.78 is 24.5. The van der Waals surface area contributed by atoms with E-state index >= 15 is 0 Å². The number of allylic oxidation sites excluding steroid dienone is 1. The third kappa shape index (κ3) is 2.53. The molecule has 0 radical (unpaired) electrons. The smallest absolute Gasteiger partial charge is 0.206 e. The average Bonchev–Trinajstić information content (AvgIpc) is 2.54. The van der Waals surface area contributed by atoms with Crippen molar-refractivity contribution in [2.75, 3.05) is 0 Å². The van der Waals surface area contributed by atoms with Crippen molar-refractivity contribution < 1.29 is 18.6 Å². The van der Waals surface area contributed by atoms with Gasteiger partial charge in [-0.25, -0.2) is 8.42 Å². The Morgan fingerprint density at radius 1 is 1.11 bits per heavy atom. The number of hydrogen-bond donors (Lipinski definition) is 2. The summed E-state index contributed by atoms with van der Waals surface area (Å²) in [6.07, 6.45) is 2.16. The average molecular weight is 266 g/mol. The second-order valence-corrected chi connectivity index (χ2v) is 6.03. The van der Waals surface area contributed by atoms with E-state index in [-0.39, 0.29) is 16.2 Å². The lowest BCUT2D eigenvalue weighted by Gasteiger charge is -2.09. The van der Waals surface area contributed by atoms with Crippen LogP contribution in [0.25, 0.3) is 0 Å². The van der Waals surface area contributed by atoms with Gasteiger partial charge in [-0.1, -0.05) is 30.4 Å². The number of sulfone groups is 1. The molecular weight excluding hydrogens is 252 g/mol. The molecule has 5 heteroatoms. The van der Waals surface area contributed by atoms with E-state index in [1.807, 2.05) is 0 Å². The van der Waals surface area contributed by atoms with Gasteiger partial charge in [-0.2, -0.15) is 0 Å². The maximum atomic E-state index is 12.3. The zero-order valence-electron chi connectivity index (χ0n) is 9.60. The zero-order chi connectivity index (χ0) is 13.2. The summed E-state index contributed by atoms with van der Waals surface area (Å²) >= 11 is 0. The molecule has 1 aromatic rings. The van der Waals surface area contributed by atoms with Crippen LogP contribution in [0.5, 0.6) is 0 Å². The fraction of sp³-hybridized carbons (Fsp3) is 0.231. The van der Waals surface area contributed by atoms with Gasteiger partial charge in [-0.15, -0.1) is 0 Å². The molecule has 4 nitrogen and oxygen atoms in total. The van der Waals surface area contributed by atoms with Gasteiger partial charge in [0.15, 0.2) is 0 Å². The Balaban J connectivity index is 2.40. The minimum Gasteiger partial charge on any atom is -0.390 e. The maximum absolute atomic E-state index is 12.3. The van der Waals surface area contributed by atoms with E-state index in [4.69, 9.17) is 0 Å². The SMILES string of the molecule is O=S(=O)(C1=CC[C@@H](O)[C@@H](O)C=C1)c1ccccc1. The summed E-state index contributed by atoms with van der Waals surface area (Å²) in [7, 11) is -3.58. The number of hydrogen-bond acceptors (Lipinski definition) is 4. The molecule has 0 aliphatic heterocycles. The lowest BCUT2D eigenvalue weighted by Crippen LogP contribution is -2.21. The lowest BCUT2D eigenvalue weighted by atomic mass is 10.1. The second kappa shape index (κ2) is 5.06. The predicted molar refractivity (Wildman–Crippen MR) is 67.5 cm³/mol. The highest BCUT2D eigenvalue weighted by Crippen LogP contribution is 2.23. The third-order valence-corrected chi connectivity index (χ3v) is 4.59. The first-order valence-electron chi connectivity index (χ1n) is 5.56. The van der Waals surface area contributed by atoms with Crippen LogP contribution in [0.15, 0.2) is 58.4 Å². The summed E-state index contributed by atoms with van der Waals surface area (Å²) in [5.74, 6) is 0. The second-order valence-electron chi connectivity index (χ2n) is 4.08. The molecule has 18 heavy (non-hydrogen) atoms. The van der Waals surface area contributed by atoms with Gasteiger partial charge in [0.2, 0.25) is 9.84 Å². The Kier molecular flexibility index (Phi) is 3.65. The van der Waals surface area contributed by atoms with Crippen molar-refractivity contribution in [3.8, 4) is 0 Å². The zero-order valence-corrected chi connectivity index (χ0v) is 10.4. The first kappa shape index (κ1) is 13.0. The Morgan fingerprint density at radius 3 is 2.44 bits per heavy atom. The summed E-state index contributed by atoms with van der Waals surface area (Å²) in [5.41, 5.74) is 0. The summed E-state index contributed by atoms with van der Waals surface area (Å²) in [4.78, 5) is 0.302. The van der Waals surface area contributed by atoms with E-state index in [2.05, 4.69) is 0 Å². The Hall–Kier alpha value is -1.43. The van der Waals surface area contributed by atoms with E-state index in [1.165, 1.54) is 30.4 Å². The van der Waals surface area contributed by atoms with Crippen LogP contribution < -0.4 is 0 Å². The van der Waals surface area contributed by atoms with Crippen LogP contribution in [0.3, 0.4) is 0 Å².